The Kier molecular flexibility index (Phi) is 9.81. The Morgan fingerprint density at radius 1 is 0.667 bits per heavy atom. The molecule has 2 rings (SSSR count). The summed E-state index contributed by atoms with van der Waals surface area (Å²) < 4.78 is 17.1. The molecule has 0 saturated carbocycles. The molecule has 2 aromatic carbocycles. The fraction of sp³-hybridized carbons (Fsp3) is 0.552. The molecule has 0 bridgehead atoms. The van der Waals surface area contributed by atoms with Crippen molar-refractivity contribution in [2.24, 2.45) is 0 Å². The van der Waals surface area contributed by atoms with Crippen LogP contribution in [0.1, 0.15) is 116 Å². The van der Waals surface area contributed by atoms with E-state index in [9.17, 15) is 19.5 Å². The van der Waals surface area contributed by atoms with Crippen LogP contribution in [-0.2, 0) is 26.2 Å². The van der Waals surface area contributed by atoms with Crippen LogP contribution in [0.25, 0.3) is 0 Å². The quantitative estimate of drug-likeness (QED) is 0.307. The summed E-state index contributed by atoms with van der Waals surface area (Å²) in [5.41, 5.74) is 4.16. The SMILES string of the molecule is CC(C)(C)c1ccc(O)c(C(C)(C)C)c1[CH-]c1c(C(C)(C)C)ccc(OP(=O)(O)O)c1C(C)(C)C.[Na+]. The predicted molar refractivity (Wildman–Crippen MR) is 145 cm³/mol. The van der Waals surface area contributed by atoms with Gasteiger partial charge in [-0.1, -0.05) is 117 Å². The van der Waals surface area contributed by atoms with Crippen LogP contribution in [0.2, 0.25) is 0 Å². The predicted octanol–water partition coefficient (Wildman–Crippen LogP) is 4.66. The monoisotopic (exact) mass is 526 g/mol. The molecule has 2 aromatic rings. The second kappa shape index (κ2) is 10.7. The van der Waals surface area contributed by atoms with Crippen LogP contribution in [0.3, 0.4) is 0 Å². The molecular formula is C29H44NaO5P. The van der Waals surface area contributed by atoms with E-state index < -0.39 is 13.2 Å². The van der Waals surface area contributed by atoms with Crippen molar-refractivity contribution in [1.29, 1.82) is 0 Å². The van der Waals surface area contributed by atoms with Gasteiger partial charge < -0.3 is 9.63 Å². The van der Waals surface area contributed by atoms with Gasteiger partial charge in [0.2, 0.25) is 0 Å². The Hall–Kier alpha value is -0.940. The van der Waals surface area contributed by atoms with E-state index in [0.717, 1.165) is 33.4 Å². The smallest absolute Gasteiger partial charge is 0.516 e. The fourth-order valence-corrected chi connectivity index (χ4v) is 5.13. The third-order valence-electron chi connectivity index (χ3n) is 6.05. The maximum absolute atomic E-state index is 11.9. The van der Waals surface area contributed by atoms with Crippen molar-refractivity contribution in [3.63, 3.8) is 0 Å². The van der Waals surface area contributed by atoms with E-state index >= 15 is 0 Å². The van der Waals surface area contributed by atoms with Crippen LogP contribution in [0, 0.1) is 6.42 Å². The van der Waals surface area contributed by atoms with Gasteiger partial charge in [0.05, 0.1) is 5.75 Å². The van der Waals surface area contributed by atoms with E-state index in [0.29, 0.717) is 0 Å². The molecule has 0 aliphatic heterocycles. The largest absolute Gasteiger partial charge is 1.00 e. The molecule has 0 aliphatic carbocycles. The summed E-state index contributed by atoms with van der Waals surface area (Å²) >= 11 is 0. The van der Waals surface area contributed by atoms with Crippen LogP contribution >= 0.6 is 7.82 Å². The van der Waals surface area contributed by atoms with Crippen molar-refractivity contribution in [1.82, 2.24) is 0 Å². The van der Waals surface area contributed by atoms with Crippen molar-refractivity contribution in [3.8, 4) is 11.5 Å². The van der Waals surface area contributed by atoms with E-state index in [2.05, 4.69) is 68.7 Å². The zero-order chi connectivity index (χ0) is 27.4. The molecule has 0 saturated heterocycles. The molecule has 0 fully saturated rings. The number of rotatable bonds is 4. The molecule has 196 valence electrons. The second-order valence-electron chi connectivity index (χ2n) is 13.5. The van der Waals surface area contributed by atoms with E-state index in [4.69, 9.17) is 4.52 Å². The Labute approximate surface area is 240 Å². The number of phosphoric acid groups is 1. The first-order valence-corrected chi connectivity index (χ1v) is 13.6. The molecule has 36 heavy (non-hydrogen) atoms. The molecule has 5 nitrogen and oxygen atoms in total. The van der Waals surface area contributed by atoms with Gasteiger partial charge in [-0.05, 0) is 33.8 Å². The number of aromatic hydroxyl groups is 1. The molecule has 3 N–H and O–H groups in total. The third-order valence-corrected chi connectivity index (χ3v) is 6.49. The molecule has 0 heterocycles. The standard InChI is InChI=1S/C29H44O5P.Na/c1-26(2,3)20-13-15-22(30)24(28(7,8)9)18(20)17-19-21(27(4,5)6)14-16-23(34-35(31,32)33)25(19)29(10,11)12;/h13-17,30H,1-12H3,(H2,31,32,33);/q-1;+1. The summed E-state index contributed by atoms with van der Waals surface area (Å²) in [6.07, 6.45) is 2.09. The molecule has 0 amide bonds. The Bertz CT molecular complexity index is 1140. The van der Waals surface area contributed by atoms with E-state index in [1.54, 1.807) is 12.1 Å². The number of benzene rings is 2. The molecule has 0 radical (unpaired) electrons. The van der Waals surface area contributed by atoms with Gasteiger partial charge in [0.25, 0.3) is 0 Å². The summed E-state index contributed by atoms with van der Waals surface area (Å²) in [6, 6.07) is 7.29. The Balaban J connectivity index is 0.00000648. The number of hydrogen-bond acceptors (Lipinski definition) is 3. The molecule has 0 atom stereocenters. The second-order valence-corrected chi connectivity index (χ2v) is 14.7. The molecular weight excluding hydrogens is 482 g/mol. The minimum atomic E-state index is -4.78. The van der Waals surface area contributed by atoms with Crippen molar-refractivity contribution in [2.75, 3.05) is 0 Å². The van der Waals surface area contributed by atoms with Crippen molar-refractivity contribution in [2.45, 2.75) is 105 Å². The number of phenolic OH excluding ortho intramolecular Hbond substituents is 1. The zero-order valence-corrected chi connectivity index (χ0v) is 27.4. The first-order valence-electron chi connectivity index (χ1n) is 12.1. The third kappa shape index (κ3) is 7.79. The maximum atomic E-state index is 11.9. The fourth-order valence-electron chi connectivity index (χ4n) is 4.73. The summed E-state index contributed by atoms with van der Waals surface area (Å²) in [7, 11) is -4.78. The molecule has 0 aromatic heterocycles. The Morgan fingerprint density at radius 2 is 1.06 bits per heavy atom. The van der Waals surface area contributed by atoms with Gasteiger partial charge in [0.1, 0.15) is 5.75 Å². The summed E-state index contributed by atoms with van der Waals surface area (Å²) in [6.45, 7) is 25.1. The number of hydrogen-bond donors (Lipinski definition) is 3. The van der Waals surface area contributed by atoms with Gasteiger partial charge in [-0.15, -0.1) is 17.5 Å². The van der Waals surface area contributed by atoms with Crippen LogP contribution < -0.4 is 34.1 Å². The van der Waals surface area contributed by atoms with Crippen LogP contribution in [-0.4, -0.2) is 14.9 Å². The maximum Gasteiger partial charge on any atom is 1.00 e. The molecule has 0 spiro atoms. The van der Waals surface area contributed by atoms with Gasteiger partial charge in [-0.25, -0.2) is 4.57 Å². The number of phenols is 1. The van der Waals surface area contributed by atoms with Crippen LogP contribution in [0.5, 0.6) is 11.5 Å². The zero-order valence-electron chi connectivity index (χ0n) is 24.5. The van der Waals surface area contributed by atoms with Gasteiger partial charge >= 0.3 is 37.4 Å². The minimum Gasteiger partial charge on any atom is -0.516 e. The van der Waals surface area contributed by atoms with Crippen molar-refractivity contribution >= 4 is 7.82 Å². The van der Waals surface area contributed by atoms with Crippen molar-refractivity contribution < 1.29 is 53.5 Å². The molecule has 0 unspecified atom stereocenters. The molecule has 7 heteroatoms. The van der Waals surface area contributed by atoms with E-state index in [1.807, 2.05) is 32.9 Å². The summed E-state index contributed by atoms with van der Waals surface area (Å²) in [5, 5.41) is 11.0. The molecule has 0 aliphatic rings. The van der Waals surface area contributed by atoms with Crippen LogP contribution in [0.15, 0.2) is 24.3 Å². The average molecular weight is 527 g/mol. The van der Waals surface area contributed by atoms with Crippen LogP contribution in [0.4, 0.5) is 0 Å². The first kappa shape index (κ1) is 33.1. The van der Waals surface area contributed by atoms with Gasteiger partial charge in [-0.3, -0.25) is 9.79 Å². The summed E-state index contributed by atoms with van der Waals surface area (Å²) in [5.74, 6) is 0.397. The topological polar surface area (TPSA) is 87.0 Å². The number of phosphoric ester groups is 1. The first-order chi connectivity index (χ1) is 15.4. The summed E-state index contributed by atoms with van der Waals surface area (Å²) in [4.78, 5) is 19.3. The van der Waals surface area contributed by atoms with E-state index in [1.165, 1.54) is 0 Å². The van der Waals surface area contributed by atoms with Gasteiger partial charge in [-0.2, -0.15) is 0 Å². The minimum absolute atomic E-state index is 0. The Morgan fingerprint density at radius 3 is 1.42 bits per heavy atom. The van der Waals surface area contributed by atoms with Gasteiger partial charge in [0, 0.05) is 0 Å². The van der Waals surface area contributed by atoms with Crippen molar-refractivity contribution in [3.05, 3.63) is 64.1 Å². The average Bonchev–Trinajstić information content (AvgIpc) is 2.55. The van der Waals surface area contributed by atoms with E-state index in [-0.39, 0.29) is 57.3 Å². The van der Waals surface area contributed by atoms with Gasteiger partial charge in [0.15, 0.2) is 0 Å². The normalized spacial score (nSPS) is 13.3.